The normalized spacial score (nSPS) is 22.0. The van der Waals surface area contributed by atoms with Crippen molar-refractivity contribution in [3.05, 3.63) is 76.7 Å². The van der Waals surface area contributed by atoms with Crippen LogP contribution in [0.3, 0.4) is 0 Å². The number of rotatable bonds is 11. The zero-order valence-electron chi connectivity index (χ0n) is 26.0. The number of fused-ring (bicyclic) bond motifs is 2. The van der Waals surface area contributed by atoms with Crippen molar-refractivity contribution in [1.29, 1.82) is 5.26 Å². The maximum absolute atomic E-state index is 13.3. The first-order chi connectivity index (χ1) is 23.0. The fraction of sp³-hybridized carbons (Fsp3) is 0.412. The number of halogens is 3. The molecule has 2 aromatic carbocycles. The van der Waals surface area contributed by atoms with Gasteiger partial charge in [0, 0.05) is 30.2 Å². The van der Waals surface area contributed by atoms with Gasteiger partial charge in [-0.05, 0) is 62.1 Å². The van der Waals surface area contributed by atoms with E-state index in [4.69, 9.17) is 24.5 Å². The monoisotopic (exact) mass is 663 g/mol. The maximum Gasteiger partial charge on any atom is 0.573 e. The summed E-state index contributed by atoms with van der Waals surface area (Å²) < 4.78 is 63.1. The highest BCUT2D eigenvalue weighted by Crippen LogP contribution is 2.59. The lowest BCUT2D eigenvalue weighted by molar-refractivity contribution is -0.274. The van der Waals surface area contributed by atoms with Crippen molar-refractivity contribution in [3.8, 4) is 23.4 Å². The number of alkyl halides is 3. The molecule has 0 radical (unpaired) electrons. The summed E-state index contributed by atoms with van der Waals surface area (Å²) in [5.74, 6) is -0.100. The summed E-state index contributed by atoms with van der Waals surface area (Å²) in [4.78, 5) is 23.5. The van der Waals surface area contributed by atoms with Crippen LogP contribution in [0, 0.1) is 17.2 Å². The number of carboxylic acid groups (broad SMARTS) is 1. The van der Waals surface area contributed by atoms with E-state index in [-0.39, 0.29) is 34.7 Å². The highest BCUT2D eigenvalue weighted by Gasteiger charge is 2.58. The highest BCUT2D eigenvalue weighted by molar-refractivity contribution is 5.95. The topological polar surface area (TPSA) is 132 Å². The van der Waals surface area contributed by atoms with Crippen molar-refractivity contribution in [2.24, 2.45) is 5.92 Å². The van der Waals surface area contributed by atoms with E-state index in [1.807, 2.05) is 18.2 Å². The first kappa shape index (κ1) is 31.7. The molecule has 0 bridgehead atoms. The van der Waals surface area contributed by atoms with Crippen LogP contribution in [0.2, 0.25) is 0 Å². The number of carboxylic acids is 1. The van der Waals surface area contributed by atoms with Gasteiger partial charge in [0.2, 0.25) is 5.88 Å². The van der Waals surface area contributed by atoms with Crippen LogP contribution >= 0.6 is 0 Å². The van der Waals surface area contributed by atoms with Crippen LogP contribution in [-0.2, 0) is 29.8 Å². The summed E-state index contributed by atoms with van der Waals surface area (Å²) in [5, 5.41) is 18.8. The molecule has 1 aliphatic carbocycles. The molecule has 2 saturated heterocycles. The molecule has 3 fully saturated rings. The molecule has 4 aromatic rings. The lowest BCUT2D eigenvalue weighted by Gasteiger charge is -2.32. The standard InChI is InChI=1S/C34H32F3N5O6/c1-45-26-11-20(15-38)5-6-21(26)19-47-30-4-2-3-28(39-30)33-8-9-41(16-23(33)14-33)18-29-40-31-25(42(29)17-24-7-10-46-24)12-22(32(43)44)13-27(31)48-34(35,36)37/h2-6,11-13,23-24H,7-10,14,16-19H2,1H3,(H,43,44)/t23?,24-,33?/m0/s1. The molecular formula is C34H32F3N5O6. The molecule has 2 aromatic heterocycles. The Balaban J connectivity index is 1.08. The van der Waals surface area contributed by atoms with Gasteiger partial charge in [-0.15, -0.1) is 13.2 Å². The lowest BCUT2D eigenvalue weighted by Crippen LogP contribution is -2.37. The van der Waals surface area contributed by atoms with E-state index in [9.17, 15) is 23.1 Å². The molecule has 48 heavy (non-hydrogen) atoms. The number of ether oxygens (including phenoxy) is 4. The van der Waals surface area contributed by atoms with Crippen molar-refractivity contribution < 1.29 is 42.0 Å². The molecule has 2 aliphatic heterocycles. The number of piperidine rings is 1. The van der Waals surface area contributed by atoms with E-state index in [1.54, 1.807) is 29.9 Å². The minimum Gasteiger partial charge on any atom is -0.496 e. The molecule has 7 rings (SSSR count). The predicted molar refractivity (Wildman–Crippen MR) is 164 cm³/mol. The molecule has 1 saturated carbocycles. The fourth-order valence-corrected chi connectivity index (χ4v) is 6.85. The number of pyridine rings is 1. The summed E-state index contributed by atoms with van der Waals surface area (Å²) in [6, 6.07) is 15.3. The lowest BCUT2D eigenvalue weighted by atomic mass is 9.91. The van der Waals surface area contributed by atoms with E-state index in [1.165, 1.54) is 6.07 Å². The Labute approximate surface area is 273 Å². The van der Waals surface area contributed by atoms with Gasteiger partial charge in [0.05, 0.1) is 54.7 Å². The first-order valence-corrected chi connectivity index (χ1v) is 15.6. The zero-order valence-corrected chi connectivity index (χ0v) is 26.0. The number of benzene rings is 2. The summed E-state index contributed by atoms with van der Waals surface area (Å²) in [5.41, 5.74) is 2.07. The van der Waals surface area contributed by atoms with E-state index in [0.717, 1.165) is 43.1 Å². The van der Waals surface area contributed by atoms with Gasteiger partial charge in [-0.3, -0.25) is 4.90 Å². The van der Waals surface area contributed by atoms with Gasteiger partial charge < -0.3 is 28.6 Å². The van der Waals surface area contributed by atoms with Crippen LogP contribution in [0.15, 0.2) is 48.5 Å². The van der Waals surface area contributed by atoms with E-state index in [0.29, 0.717) is 55.2 Å². The van der Waals surface area contributed by atoms with E-state index < -0.39 is 18.1 Å². The number of aromatic nitrogens is 3. The molecule has 0 amide bonds. The molecule has 14 heteroatoms. The largest absolute Gasteiger partial charge is 0.573 e. The van der Waals surface area contributed by atoms with Crippen LogP contribution in [0.4, 0.5) is 13.2 Å². The van der Waals surface area contributed by atoms with Gasteiger partial charge >= 0.3 is 12.3 Å². The fourth-order valence-electron chi connectivity index (χ4n) is 6.85. The minimum absolute atomic E-state index is 0.0379. The molecule has 1 N–H and O–H groups in total. The molecular weight excluding hydrogens is 631 g/mol. The Kier molecular flexibility index (Phi) is 8.13. The van der Waals surface area contributed by atoms with Crippen molar-refractivity contribution in [2.45, 2.75) is 56.8 Å². The molecule has 3 aliphatic rings. The number of imidazole rings is 1. The van der Waals surface area contributed by atoms with Crippen molar-refractivity contribution >= 4 is 17.0 Å². The van der Waals surface area contributed by atoms with Crippen LogP contribution in [0.1, 0.15) is 52.3 Å². The number of hydrogen-bond acceptors (Lipinski definition) is 9. The third-order valence-corrected chi connectivity index (χ3v) is 9.53. The van der Waals surface area contributed by atoms with Gasteiger partial charge in [0.25, 0.3) is 0 Å². The Morgan fingerprint density at radius 2 is 2.02 bits per heavy atom. The number of likely N-dealkylation sites (tertiary alicyclic amines) is 1. The number of nitriles is 1. The van der Waals surface area contributed by atoms with Crippen molar-refractivity contribution in [3.63, 3.8) is 0 Å². The van der Waals surface area contributed by atoms with E-state index >= 15 is 0 Å². The molecule has 0 spiro atoms. The molecule has 11 nitrogen and oxygen atoms in total. The van der Waals surface area contributed by atoms with Crippen LogP contribution < -0.4 is 14.2 Å². The van der Waals surface area contributed by atoms with Crippen LogP contribution in [0.25, 0.3) is 11.0 Å². The Morgan fingerprint density at radius 1 is 1.19 bits per heavy atom. The number of nitrogens with zero attached hydrogens (tertiary/aromatic N) is 5. The molecule has 4 heterocycles. The van der Waals surface area contributed by atoms with Gasteiger partial charge in [0.15, 0.2) is 5.75 Å². The average Bonchev–Trinajstić information content (AvgIpc) is 3.68. The highest BCUT2D eigenvalue weighted by atomic mass is 19.4. The van der Waals surface area contributed by atoms with Crippen molar-refractivity contribution in [1.82, 2.24) is 19.4 Å². The Morgan fingerprint density at radius 3 is 2.71 bits per heavy atom. The molecule has 2 unspecified atom stereocenters. The maximum atomic E-state index is 13.3. The third kappa shape index (κ3) is 6.23. The van der Waals surface area contributed by atoms with Gasteiger partial charge in [-0.2, -0.15) is 5.26 Å². The number of methoxy groups -OCH3 is 1. The van der Waals surface area contributed by atoms with Crippen LogP contribution in [0.5, 0.6) is 17.4 Å². The van der Waals surface area contributed by atoms with Gasteiger partial charge in [-0.25, -0.2) is 14.8 Å². The number of carbonyl (C=O) groups is 1. The number of aromatic carboxylic acids is 1. The summed E-state index contributed by atoms with van der Waals surface area (Å²) >= 11 is 0. The SMILES string of the molecule is COc1cc(C#N)ccc1COc1cccc(C23CCN(Cc4nc5c(OC(F)(F)F)cc(C(=O)O)cc5n4C[C@@H]4CCO4)CC2C3)n1. The average molecular weight is 664 g/mol. The third-order valence-electron chi connectivity index (χ3n) is 9.53. The second kappa shape index (κ2) is 12.3. The first-order valence-electron chi connectivity index (χ1n) is 15.6. The van der Waals surface area contributed by atoms with Crippen LogP contribution in [-0.4, -0.2) is 69.8 Å². The van der Waals surface area contributed by atoms with Crippen molar-refractivity contribution in [2.75, 3.05) is 26.8 Å². The predicted octanol–water partition coefficient (Wildman–Crippen LogP) is 5.44. The minimum atomic E-state index is -5.01. The summed E-state index contributed by atoms with van der Waals surface area (Å²) in [6.45, 7) is 2.98. The second-order valence-corrected chi connectivity index (χ2v) is 12.4. The quantitative estimate of drug-likeness (QED) is 0.221. The molecule has 250 valence electrons. The Hall–Kier alpha value is -4.87. The number of hydrogen-bond donors (Lipinski definition) is 1. The van der Waals surface area contributed by atoms with Gasteiger partial charge in [0.1, 0.15) is 23.7 Å². The zero-order chi connectivity index (χ0) is 33.6. The van der Waals surface area contributed by atoms with E-state index in [2.05, 4.69) is 20.7 Å². The summed E-state index contributed by atoms with van der Waals surface area (Å²) in [7, 11) is 1.55. The molecule has 3 atom stereocenters. The second-order valence-electron chi connectivity index (χ2n) is 12.4. The summed E-state index contributed by atoms with van der Waals surface area (Å²) in [6.07, 6.45) is -2.59. The smallest absolute Gasteiger partial charge is 0.496 e. The van der Waals surface area contributed by atoms with Gasteiger partial charge in [-0.1, -0.05) is 12.1 Å². The Bertz CT molecular complexity index is 1920.